The fourth-order valence-corrected chi connectivity index (χ4v) is 8.46. The lowest BCUT2D eigenvalue weighted by Gasteiger charge is -2.53. The number of urea groups is 1. The second-order valence-corrected chi connectivity index (χ2v) is 15.5. The molecule has 3 amide bonds. The van der Waals surface area contributed by atoms with Gasteiger partial charge in [0.2, 0.25) is 0 Å². The van der Waals surface area contributed by atoms with Crippen LogP contribution >= 0.6 is 0 Å². The van der Waals surface area contributed by atoms with Crippen LogP contribution in [0.1, 0.15) is 50.7 Å². The second-order valence-electron chi connectivity index (χ2n) is 13.6. The molecule has 0 radical (unpaired) electrons. The molecule has 0 spiro atoms. The summed E-state index contributed by atoms with van der Waals surface area (Å²) in [5.74, 6) is -0.815. The van der Waals surface area contributed by atoms with Crippen molar-refractivity contribution in [3.05, 3.63) is 84.4 Å². The number of imide groups is 1. The van der Waals surface area contributed by atoms with E-state index in [0.29, 0.717) is 24.2 Å². The molecule has 16 heteroatoms. The van der Waals surface area contributed by atoms with Crippen LogP contribution in [0.5, 0.6) is 0 Å². The summed E-state index contributed by atoms with van der Waals surface area (Å²) in [6, 6.07) is 9.36. The van der Waals surface area contributed by atoms with Gasteiger partial charge in [-0.15, -0.1) is 0 Å². The zero-order valence-electron chi connectivity index (χ0n) is 29.1. The first kappa shape index (κ1) is 37.8. The maximum absolute atomic E-state index is 15.5. The van der Waals surface area contributed by atoms with Gasteiger partial charge in [-0.25, -0.2) is 18.1 Å². The van der Waals surface area contributed by atoms with Crippen LogP contribution in [0, 0.1) is 0 Å². The number of likely N-dealkylation sites (tertiary alicyclic amines) is 2. The van der Waals surface area contributed by atoms with Crippen molar-refractivity contribution in [2.24, 2.45) is 0 Å². The third kappa shape index (κ3) is 6.70. The molecular formula is C36H43F3N6O6S. The van der Waals surface area contributed by atoms with E-state index in [1.54, 1.807) is 62.9 Å². The fourth-order valence-electron chi connectivity index (χ4n) is 7.70. The SMILES string of the molecule is CC(OCCN1CCCC1)(c1ccncc1)C1(C(C)(OCCN2CCCC2)c2ccncc2)NC(=O)N(c2ccc(S(=O)(=O)C(F)(F)F)cc2)C1=O. The number of nitrogens with one attached hydrogen (secondary N) is 1. The highest BCUT2D eigenvalue weighted by molar-refractivity contribution is 7.92. The summed E-state index contributed by atoms with van der Waals surface area (Å²) < 4.78 is 78.2. The number of carbonyl (C=O) groups excluding carboxylic acids is 2. The summed E-state index contributed by atoms with van der Waals surface area (Å²) >= 11 is 0. The van der Waals surface area contributed by atoms with Gasteiger partial charge in [0.25, 0.3) is 15.7 Å². The van der Waals surface area contributed by atoms with Crippen LogP contribution in [0.2, 0.25) is 0 Å². The Hall–Kier alpha value is -3.96. The molecule has 3 aromatic rings. The van der Waals surface area contributed by atoms with E-state index in [0.717, 1.165) is 81.0 Å². The molecule has 0 saturated carbocycles. The minimum absolute atomic E-state index is 0.145. The number of pyridine rings is 2. The summed E-state index contributed by atoms with van der Waals surface area (Å²) in [7, 11) is -5.68. The van der Waals surface area contributed by atoms with Crippen molar-refractivity contribution in [3.63, 3.8) is 0 Å². The van der Waals surface area contributed by atoms with Crippen molar-refractivity contribution in [3.8, 4) is 0 Å². The standard InChI is InChI=1S/C36H43F3N6O6S/c1-33(27-11-15-40-16-12-27,50-25-23-43-19-3-4-20-43)35(34(2,28-13-17-41-18-14-28)51-26-24-44-21-5-6-22-44)31(46)45(32(47)42-35)29-7-9-30(10-8-29)52(48,49)36(37,38)39/h7-18H,3-6,19-26H2,1-2H3,(H,42,47). The number of rotatable bonds is 14. The van der Waals surface area contributed by atoms with Gasteiger partial charge in [0.05, 0.1) is 23.8 Å². The van der Waals surface area contributed by atoms with E-state index in [1.165, 1.54) is 0 Å². The largest absolute Gasteiger partial charge is 0.501 e. The zero-order chi connectivity index (χ0) is 37.2. The number of aromatic nitrogens is 2. The number of sulfone groups is 1. The lowest BCUT2D eigenvalue weighted by molar-refractivity contribution is -0.198. The summed E-state index contributed by atoms with van der Waals surface area (Å²) in [5, 5.41) is 2.99. The molecule has 6 rings (SSSR count). The highest BCUT2D eigenvalue weighted by Gasteiger charge is 2.73. The number of alkyl halides is 3. The van der Waals surface area contributed by atoms with Gasteiger partial charge >= 0.3 is 11.5 Å². The summed E-state index contributed by atoms with van der Waals surface area (Å²) in [5.41, 5.74) is -10.0. The predicted octanol–water partition coefficient (Wildman–Crippen LogP) is 4.62. The molecule has 5 heterocycles. The number of amides is 3. The molecule has 3 aliphatic heterocycles. The molecule has 280 valence electrons. The Kier molecular flexibility index (Phi) is 10.8. The van der Waals surface area contributed by atoms with E-state index >= 15 is 4.79 Å². The van der Waals surface area contributed by atoms with Gasteiger partial charge in [-0.05, 0) is 125 Å². The van der Waals surface area contributed by atoms with Crippen molar-refractivity contribution in [1.29, 1.82) is 0 Å². The minimum Gasteiger partial charge on any atom is -0.366 e. The molecule has 0 bridgehead atoms. The molecule has 3 aliphatic rings. The van der Waals surface area contributed by atoms with E-state index in [4.69, 9.17) is 9.47 Å². The maximum Gasteiger partial charge on any atom is 0.501 e. The van der Waals surface area contributed by atoms with E-state index in [-0.39, 0.29) is 18.9 Å². The van der Waals surface area contributed by atoms with Gasteiger partial charge in [0.1, 0.15) is 11.2 Å². The quantitative estimate of drug-likeness (QED) is 0.233. The van der Waals surface area contributed by atoms with Crippen molar-refractivity contribution >= 4 is 27.5 Å². The fraction of sp³-hybridized carbons (Fsp3) is 0.500. The number of ether oxygens (including phenoxy) is 2. The Bertz CT molecular complexity index is 1750. The average Bonchev–Trinajstić information content (AvgIpc) is 3.91. The van der Waals surface area contributed by atoms with Gasteiger partial charge in [-0.2, -0.15) is 13.2 Å². The Labute approximate surface area is 301 Å². The first-order valence-corrected chi connectivity index (χ1v) is 18.8. The Morgan fingerprint density at radius 3 is 1.56 bits per heavy atom. The smallest absolute Gasteiger partial charge is 0.366 e. The van der Waals surface area contributed by atoms with Crippen molar-refractivity contribution in [2.45, 2.75) is 66.7 Å². The lowest BCUT2D eigenvalue weighted by Crippen LogP contribution is -2.73. The van der Waals surface area contributed by atoms with Gasteiger partial charge in [-0.3, -0.25) is 14.8 Å². The average molecular weight is 745 g/mol. The zero-order valence-corrected chi connectivity index (χ0v) is 30.0. The first-order valence-electron chi connectivity index (χ1n) is 17.4. The molecule has 3 saturated heterocycles. The highest BCUT2D eigenvalue weighted by atomic mass is 32.2. The van der Waals surface area contributed by atoms with Crippen molar-refractivity contribution < 1.29 is 40.7 Å². The number of hydrogen-bond acceptors (Lipinski definition) is 10. The van der Waals surface area contributed by atoms with Crippen LogP contribution in [0.3, 0.4) is 0 Å². The molecule has 3 fully saturated rings. The topological polar surface area (TPSA) is 134 Å². The monoisotopic (exact) mass is 744 g/mol. The Morgan fingerprint density at radius 2 is 1.15 bits per heavy atom. The summed E-state index contributed by atoms with van der Waals surface area (Å²) in [6.45, 7) is 8.50. The third-order valence-corrected chi connectivity index (χ3v) is 12.1. The minimum atomic E-state index is -5.68. The molecule has 52 heavy (non-hydrogen) atoms. The van der Waals surface area contributed by atoms with Gasteiger partial charge in [-0.1, -0.05) is 0 Å². The Morgan fingerprint density at radius 1 is 0.731 bits per heavy atom. The van der Waals surface area contributed by atoms with Crippen LogP contribution in [-0.2, 0) is 35.3 Å². The maximum atomic E-state index is 15.5. The molecule has 12 nitrogen and oxygen atoms in total. The number of carbonyl (C=O) groups is 2. The van der Waals surface area contributed by atoms with Crippen LogP contribution in [0.4, 0.5) is 23.7 Å². The number of halogens is 3. The van der Waals surface area contributed by atoms with Crippen LogP contribution in [0.15, 0.2) is 78.2 Å². The third-order valence-electron chi connectivity index (χ3n) is 10.6. The number of nitrogens with zero attached hydrogens (tertiary/aromatic N) is 5. The lowest BCUT2D eigenvalue weighted by atomic mass is 9.63. The second kappa shape index (κ2) is 14.8. The molecular weight excluding hydrogens is 701 g/mol. The van der Waals surface area contributed by atoms with E-state index in [9.17, 15) is 26.4 Å². The molecule has 0 aliphatic carbocycles. The van der Waals surface area contributed by atoms with Crippen molar-refractivity contribution in [1.82, 2.24) is 25.1 Å². The Balaban J connectivity index is 1.51. The van der Waals surface area contributed by atoms with Gasteiger partial charge < -0.3 is 24.6 Å². The van der Waals surface area contributed by atoms with E-state index < -0.39 is 48.9 Å². The number of hydrogen-bond donors (Lipinski definition) is 1. The summed E-state index contributed by atoms with van der Waals surface area (Å²) in [6.07, 6.45) is 10.5. The number of anilines is 1. The van der Waals surface area contributed by atoms with Gasteiger partial charge in [0.15, 0.2) is 5.54 Å². The molecule has 2 atom stereocenters. The normalized spacial score (nSPS) is 22.8. The van der Waals surface area contributed by atoms with Crippen molar-refractivity contribution in [2.75, 3.05) is 57.4 Å². The van der Waals surface area contributed by atoms with Crippen LogP contribution < -0.4 is 10.2 Å². The van der Waals surface area contributed by atoms with Crippen LogP contribution in [-0.4, -0.2) is 104 Å². The molecule has 2 aromatic heterocycles. The molecule has 1 N–H and O–H groups in total. The molecule has 1 aromatic carbocycles. The number of benzene rings is 1. The predicted molar refractivity (Wildman–Crippen MR) is 185 cm³/mol. The molecule has 2 unspecified atom stereocenters. The van der Waals surface area contributed by atoms with Crippen LogP contribution in [0.25, 0.3) is 0 Å². The van der Waals surface area contributed by atoms with E-state index in [2.05, 4.69) is 25.1 Å². The van der Waals surface area contributed by atoms with Gasteiger partial charge in [0, 0.05) is 37.9 Å². The first-order chi connectivity index (χ1) is 24.7. The highest BCUT2D eigenvalue weighted by Crippen LogP contribution is 2.53. The van der Waals surface area contributed by atoms with E-state index in [1.807, 2.05) is 0 Å². The summed E-state index contributed by atoms with van der Waals surface area (Å²) in [4.78, 5) is 42.5.